The Kier molecular flexibility index (Phi) is 9.08. The summed E-state index contributed by atoms with van der Waals surface area (Å²) in [4.78, 5) is 23.0. The van der Waals surface area contributed by atoms with Crippen LogP contribution in [-0.2, 0) is 10.0 Å². The number of anilines is 1. The molecule has 0 aliphatic heterocycles. The number of alkyl halides is 3. The molecule has 2 aromatic rings. The first-order valence-electron chi connectivity index (χ1n) is 7.49. The number of carbonyl (C=O) groups is 1. The number of sulfonamides is 1. The van der Waals surface area contributed by atoms with Gasteiger partial charge in [0.05, 0.1) is 20.3 Å². The van der Waals surface area contributed by atoms with E-state index in [4.69, 9.17) is 9.47 Å². The van der Waals surface area contributed by atoms with Gasteiger partial charge in [-0.05, 0) is 12.1 Å². The second-order valence-electron chi connectivity index (χ2n) is 5.05. The number of ether oxygens (including phenoxy) is 3. The summed E-state index contributed by atoms with van der Waals surface area (Å²) < 4.78 is 77.5. The molecule has 2 N–H and O–H groups in total. The van der Waals surface area contributed by atoms with Crippen LogP contribution in [0.25, 0.3) is 0 Å². The number of halogens is 3. The number of nitrogens with one attached hydrogen (secondary N) is 2. The van der Waals surface area contributed by atoms with E-state index in [9.17, 15) is 26.4 Å². The van der Waals surface area contributed by atoms with Crippen molar-refractivity contribution >= 4 is 22.0 Å². The maximum absolute atomic E-state index is 12.3. The number of hydrogen-bond donors (Lipinski definition) is 2. The molecule has 30 heavy (non-hydrogen) atoms. The van der Waals surface area contributed by atoms with Gasteiger partial charge in [-0.3, -0.25) is 5.32 Å². The molecule has 0 fully saturated rings. The largest absolute Gasteiger partial charge is 1.00 e. The number of hydrogen-bond acceptors (Lipinski definition) is 9. The molecule has 0 radical (unpaired) electrons. The van der Waals surface area contributed by atoms with Gasteiger partial charge < -0.3 is 15.6 Å². The Morgan fingerprint density at radius 3 is 2.33 bits per heavy atom. The Hall–Kier alpha value is -2.36. The summed E-state index contributed by atoms with van der Waals surface area (Å²) in [7, 11) is -2.11. The predicted molar refractivity (Wildman–Crippen MR) is 91.4 cm³/mol. The van der Waals surface area contributed by atoms with Crippen LogP contribution < -0.4 is 53.8 Å². The molecule has 0 spiro atoms. The maximum Gasteiger partial charge on any atom is 1.00 e. The van der Waals surface area contributed by atoms with E-state index in [0.29, 0.717) is 0 Å². The van der Waals surface area contributed by atoms with E-state index in [-0.39, 0.29) is 48.7 Å². The van der Waals surface area contributed by atoms with Crippen LogP contribution in [-0.4, -0.2) is 56.4 Å². The van der Waals surface area contributed by atoms with E-state index >= 15 is 0 Å². The second kappa shape index (κ2) is 10.6. The first kappa shape index (κ1) is 25.7. The summed E-state index contributed by atoms with van der Waals surface area (Å²) >= 11 is 0. The first-order chi connectivity index (χ1) is 13.5. The van der Waals surface area contributed by atoms with E-state index in [1.807, 2.05) is 5.32 Å². The molecule has 0 atom stereocenters. The molecule has 2 heterocycles. The minimum Gasteiger partial charge on any atom is -1.00 e. The monoisotopic (exact) mass is 461 g/mol. The van der Waals surface area contributed by atoms with Crippen molar-refractivity contribution in [1.29, 1.82) is 0 Å². The van der Waals surface area contributed by atoms with E-state index in [1.54, 1.807) is 4.72 Å². The minimum atomic E-state index is -4.70. The van der Waals surface area contributed by atoms with Crippen molar-refractivity contribution < 1.29 is 71.6 Å². The molecular formula is C14H15F3N5NaO6S. The number of aromatic nitrogens is 3. The van der Waals surface area contributed by atoms with Crippen molar-refractivity contribution in [2.24, 2.45) is 0 Å². The van der Waals surface area contributed by atoms with Gasteiger partial charge >= 0.3 is 41.8 Å². The van der Waals surface area contributed by atoms with Crippen LogP contribution in [0.15, 0.2) is 29.4 Å². The molecule has 0 unspecified atom stereocenters. The minimum absolute atomic E-state index is 0. The van der Waals surface area contributed by atoms with Crippen LogP contribution in [0.2, 0.25) is 0 Å². The summed E-state index contributed by atoms with van der Waals surface area (Å²) in [6.07, 6.45) is -3.70. The summed E-state index contributed by atoms with van der Waals surface area (Å²) in [5.74, 6) is -1.02. The number of nitrogens with zero attached hydrogens (tertiary/aromatic N) is 3. The molecule has 2 aromatic heterocycles. The topological polar surface area (TPSA) is 142 Å². The molecule has 0 saturated carbocycles. The first-order valence-corrected chi connectivity index (χ1v) is 8.98. The van der Waals surface area contributed by atoms with Crippen LogP contribution in [0.3, 0.4) is 0 Å². The fraction of sp³-hybridized carbons (Fsp3) is 0.286. The van der Waals surface area contributed by atoms with Crippen molar-refractivity contribution in [3.63, 3.8) is 0 Å². The van der Waals surface area contributed by atoms with Crippen LogP contribution in [0.5, 0.6) is 17.5 Å². The molecule has 0 aliphatic carbocycles. The van der Waals surface area contributed by atoms with Crippen LogP contribution in [0.1, 0.15) is 1.43 Å². The van der Waals surface area contributed by atoms with Crippen molar-refractivity contribution in [2.45, 2.75) is 11.2 Å². The number of rotatable bonds is 7. The Balaban J connectivity index is 0.00000450. The quantitative estimate of drug-likeness (QED) is 0.469. The molecule has 0 bridgehead atoms. The molecule has 2 amide bonds. The molecule has 0 aliphatic rings. The number of amides is 2. The van der Waals surface area contributed by atoms with Gasteiger partial charge in [0.1, 0.15) is 0 Å². The smallest absolute Gasteiger partial charge is 1.00 e. The van der Waals surface area contributed by atoms with E-state index < -0.39 is 39.6 Å². The van der Waals surface area contributed by atoms with E-state index in [1.165, 1.54) is 26.4 Å². The Labute approximate surface area is 192 Å². The van der Waals surface area contributed by atoms with Gasteiger partial charge in [0.15, 0.2) is 12.4 Å². The average Bonchev–Trinajstić information content (AvgIpc) is 2.65. The van der Waals surface area contributed by atoms with Crippen LogP contribution in [0, 0.1) is 0 Å². The second-order valence-corrected chi connectivity index (χ2v) is 6.64. The predicted octanol–water partition coefficient (Wildman–Crippen LogP) is -1.54. The normalized spacial score (nSPS) is 11.1. The fourth-order valence-corrected chi connectivity index (χ4v) is 2.80. The summed E-state index contributed by atoms with van der Waals surface area (Å²) in [5, 5.41) is 1.12. The average molecular weight is 461 g/mol. The molecule has 2 rings (SSSR count). The maximum atomic E-state index is 12.3. The molecule has 160 valence electrons. The third-order valence-corrected chi connectivity index (χ3v) is 4.20. The third kappa shape index (κ3) is 7.47. The van der Waals surface area contributed by atoms with Crippen LogP contribution in [0.4, 0.5) is 23.9 Å². The zero-order chi connectivity index (χ0) is 21.7. The fourth-order valence-electron chi connectivity index (χ4n) is 1.81. The van der Waals surface area contributed by atoms with E-state index in [2.05, 4.69) is 19.7 Å². The Morgan fingerprint density at radius 1 is 1.20 bits per heavy atom. The molecular weight excluding hydrogens is 446 g/mol. The van der Waals surface area contributed by atoms with Gasteiger partial charge in [-0.25, -0.2) is 14.5 Å². The van der Waals surface area contributed by atoms with Crippen LogP contribution >= 0.6 is 0 Å². The van der Waals surface area contributed by atoms with E-state index in [0.717, 1.165) is 12.3 Å². The Bertz CT molecular complexity index is 976. The standard InChI is InChI=1S/C14H14F3N5O6S.Na.H/c1-26-9-6-10(27-2)20-12(19-9)21-13(23)22-29(24,25)11-8(4-3-5-18-11)28-7-14(15,16)17;;/h3-6H,7H2,1-2H3,(H2,19,20,21,22,23);;/q;+1;-1. The van der Waals surface area contributed by atoms with Gasteiger partial charge in [0.2, 0.25) is 22.7 Å². The summed E-state index contributed by atoms with van der Waals surface area (Å²) in [6.45, 7) is -1.75. The summed E-state index contributed by atoms with van der Waals surface area (Å²) in [6, 6.07) is 2.12. The van der Waals surface area contributed by atoms with Crippen molar-refractivity contribution in [2.75, 3.05) is 26.1 Å². The third-order valence-electron chi connectivity index (χ3n) is 2.93. The number of pyridine rings is 1. The van der Waals surface area contributed by atoms with Gasteiger partial charge in [-0.2, -0.15) is 31.6 Å². The number of carbonyl (C=O) groups excluding carboxylic acids is 1. The van der Waals surface area contributed by atoms with Crippen molar-refractivity contribution in [3.8, 4) is 17.5 Å². The van der Waals surface area contributed by atoms with Gasteiger partial charge in [-0.1, -0.05) is 0 Å². The molecule has 0 aromatic carbocycles. The Morgan fingerprint density at radius 2 is 1.80 bits per heavy atom. The van der Waals surface area contributed by atoms with Gasteiger partial charge in [-0.15, -0.1) is 0 Å². The molecule has 0 saturated heterocycles. The van der Waals surface area contributed by atoms with Crippen molar-refractivity contribution in [3.05, 3.63) is 24.4 Å². The zero-order valence-electron chi connectivity index (χ0n) is 16.8. The molecule has 11 nitrogen and oxygen atoms in total. The SMILES string of the molecule is COc1cc(OC)nc(NC(=O)NS(=O)(=O)c2ncccc2OCC(F)(F)F)n1.[H-].[Na+]. The number of methoxy groups -OCH3 is 2. The van der Waals surface area contributed by atoms with Gasteiger partial charge in [0.25, 0.3) is 10.0 Å². The number of urea groups is 1. The zero-order valence-corrected chi connectivity index (χ0v) is 18.7. The summed E-state index contributed by atoms with van der Waals surface area (Å²) in [5.41, 5.74) is 0. The molecule has 16 heteroatoms. The van der Waals surface area contributed by atoms with Gasteiger partial charge in [0, 0.05) is 6.20 Å². The van der Waals surface area contributed by atoms with Crippen molar-refractivity contribution in [1.82, 2.24) is 19.7 Å².